The molecule has 3 aliphatic heterocycles. The third-order valence-electron chi connectivity index (χ3n) is 9.35. The van der Waals surface area contributed by atoms with Gasteiger partial charge in [-0.15, -0.1) is 0 Å². The van der Waals surface area contributed by atoms with Gasteiger partial charge in [-0.1, -0.05) is 133 Å². The predicted octanol–water partition coefficient (Wildman–Crippen LogP) is 4.60. The highest BCUT2D eigenvalue weighted by molar-refractivity contribution is 6.19. The molecule has 0 bridgehead atoms. The van der Waals surface area contributed by atoms with Crippen LogP contribution in [-0.4, -0.2) is 88.9 Å². The van der Waals surface area contributed by atoms with E-state index in [0.717, 1.165) is 22.3 Å². The van der Waals surface area contributed by atoms with Crippen LogP contribution in [0.25, 0.3) is 0 Å². The molecule has 3 aliphatic rings. The quantitative estimate of drug-likeness (QED) is 0.167. The Bertz CT molecular complexity index is 1640. The Morgan fingerprint density at radius 2 is 1.12 bits per heavy atom. The molecule has 0 radical (unpaired) electrons. The fourth-order valence-electron chi connectivity index (χ4n) is 6.69. The summed E-state index contributed by atoms with van der Waals surface area (Å²) >= 11 is 6.41. The summed E-state index contributed by atoms with van der Waals surface area (Å²) in [6.07, 6.45) is -12.2. The van der Waals surface area contributed by atoms with E-state index in [2.05, 4.69) is 0 Å². The van der Waals surface area contributed by atoms with Crippen LogP contribution in [0, 0.1) is 0 Å². The normalized spacial score (nSPS) is 32.5. The van der Waals surface area contributed by atoms with Crippen molar-refractivity contribution in [2.24, 2.45) is 0 Å². The van der Waals surface area contributed by atoms with Crippen molar-refractivity contribution < 1.29 is 53.2 Å². The van der Waals surface area contributed by atoms with Gasteiger partial charge in [0.1, 0.15) is 48.8 Å². The van der Waals surface area contributed by atoms with E-state index in [1.54, 1.807) is 0 Å². The highest BCUT2D eigenvalue weighted by Gasteiger charge is 2.55. The first-order valence-electron chi connectivity index (χ1n) is 17.4. The van der Waals surface area contributed by atoms with Gasteiger partial charge < -0.3 is 53.2 Å². The number of halogens is 1. The molecule has 12 heteroatoms. The van der Waals surface area contributed by atoms with Crippen LogP contribution in [0.3, 0.4) is 0 Å². The Balaban J connectivity index is 1.18. The molecule has 4 aromatic carbocycles. The van der Waals surface area contributed by atoms with E-state index in [0.29, 0.717) is 0 Å². The summed E-state index contributed by atoms with van der Waals surface area (Å²) in [6, 6.07) is 38.0. The van der Waals surface area contributed by atoms with E-state index in [1.165, 1.54) is 0 Å². The first-order valence-corrected chi connectivity index (χ1v) is 17.8. The summed E-state index contributed by atoms with van der Waals surface area (Å²) in [5.74, 6) is 0. The van der Waals surface area contributed by atoms with E-state index in [9.17, 15) is 15.3 Å². The minimum absolute atomic E-state index is 0.0736. The summed E-state index contributed by atoms with van der Waals surface area (Å²) in [5.41, 5.74) is 1.85. The number of alkyl halides is 1. The molecule has 3 N–H and O–H groups in total. The average molecular weight is 735 g/mol. The number of aliphatic hydroxyl groups is 3. The van der Waals surface area contributed by atoms with Crippen molar-refractivity contribution in [1.29, 1.82) is 0 Å². The Hall–Kier alpha value is -3.27. The average Bonchev–Trinajstić information content (AvgIpc) is 3.18. The molecule has 12 atom stereocenters. The van der Waals surface area contributed by atoms with E-state index in [1.807, 2.05) is 121 Å². The lowest BCUT2D eigenvalue weighted by Gasteiger charge is -2.50. The molecule has 52 heavy (non-hydrogen) atoms. The van der Waals surface area contributed by atoms with Gasteiger partial charge in [0.25, 0.3) is 0 Å². The van der Waals surface area contributed by atoms with Crippen molar-refractivity contribution in [1.82, 2.24) is 0 Å². The van der Waals surface area contributed by atoms with Crippen molar-refractivity contribution in [3.8, 4) is 0 Å². The zero-order chi connectivity index (χ0) is 35.9. The van der Waals surface area contributed by atoms with Crippen LogP contribution in [0.2, 0.25) is 0 Å². The lowest BCUT2D eigenvalue weighted by Crippen LogP contribution is -2.67. The Kier molecular flexibility index (Phi) is 12.6. The summed E-state index contributed by atoms with van der Waals surface area (Å²) in [6.45, 7) is 0.534. The SMILES string of the molecule is OC(Cl)[C@H]1O[C@H](O[C@@H]2[C@@H](O)[C@@H]3OC(c4ccccc4)OC[C@H]3O[C@@H]2O)[C@H](OCc2ccccc2)[C@@H](OCc2ccccc2)[C@@H]1OCc1ccccc1. The minimum atomic E-state index is -1.59. The third kappa shape index (κ3) is 8.91. The molecule has 4 aromatic rings. The Morgan fingerprint density at radius 1 is 0.615 bits per heavy atom. The molecule has 3 fully saturated rings. The van der Waals surface area contributed by atoms with Crippen LogP contribution in [0.1, 0.15) is 28.5 Å². The number of hydrogen-bond acceptors (Lipinski definition) is 11. The van der Waals surface area contributed by atoms with Crippen LogP contribution in [0.4, 0.5) is 0 Å². The molecular weight excluding hydrogens is 692 g/mol. The standard InChI is InChI=1S/C40H43ClO11/c41-37(43)35-33(45-21-25-13-5-1-6-14-25)34(46-22-26-15-7-2-8-16-26)36(47-23-27-17-9-3-10-18-27)40(52-35)51-32-30(42)31-29(49-38(32)44)24-48-39(50-31)28-19-11-4-12-20-28/h1-20,29-40,42-44H,21-24H2/t29-,30+,31-,32-,33+,34+,35+,36-,37?,38+,39?,40+/m1/s1. The van der Waals surface area contributed by atoms with Gasteiger partial charge in [-0.2, -0.15) is 0 Å². The fraction of sp³-hybridized carbons (Fsp3) is 0.400. The second-order valence-corrected chi connectivity index (χ2v) is 13.4. The molecule has 0 saturated carbocycles. The van der Waals surface area contributed by atoms with Crippen molar-refractivity contribution in [2.45, 2.75) is 93.1 Å². The largest absolute Gasteiger partial charge is 0.387 e. The van der Waals surface area contributed by atoms with Crippen LogP contribution < -0.4 is 0 Å². The molecular formula is C40H43ClO11. The van der Waals surface area contributed by atoms with E-state index in [4.69, 9.17) is 49.5 Å². The van der Waals surface area contributed by atoms with Gasteiger partial charge in [-0.25, -0.2) is 0 Å². The lowest BCUT2D eigenvalue weighted by atomic mass is 9.96. The molecule has 0 spiro atoms. The molecule has 0 aromatic heterocycles. The summed E-state index contributed by atoms with van der Waals surface area (Å²) in [7, 11) is 0. The van der Waals surface area contributed by atoms with Crippen molar-refractivity contribution >= 4 is 11.6 Å². The monoisotopic (exact) mass is 734 g/mol. The topological polar surface area (TPSA) is 135 Å². The van der Waals surface area contributed by atoms with Gasteiger partial charge in [-0.05, 0) is 16.7 Å². The van der Waals surface area contributed by atoms with E-state index in [-0.39, 0.29) is 26.4 Å². The third-order valence-corrected chi connectivity index (χ3v) is 9.60. The molecule has 11 nitrogen and oxygen atoms in total. The Morgan fingerprint density at radius 3 is 1.65 bits per heavy atom. The molecule has 2 unspecified atom stereocenters. The van der Waals surface area contributed by atoms with Gasteiger partial charge >= 0.3 is 0 Å². The first kappa shape index (κ1) is 37.1. The second kappa shape index (κ2) is 17.7. The van der Waals surface area contributed by atoms with Gasteiger partial charge in [0.05, 0.1) is 26.4 Å². The van der Waals surface area contributed by atoms with Crippen molar-refractivity contribution in [3.63, 3.8) is 0 Å². The maximum atomic E-state index is 11.7. The first-order chi connectivity index (χ1) is 25.4. The lowest BCUT2D eigenvalue weighted by molar-refractivity contribution is -0.394. The molecule has 0 amide bonds. The van der Waals surface area contributed by atoms with Gasteiger partial charge in [-0.3, -0.25) is 0 Å². The van der Waals surface area contributed by atoms with Gasteiger partial charge in [0, 0.05) is 5.56 Å². The van der Waals surface area contributed by atoms with Gasteiger partial charge in [0.15, 0.2) is 24.4 Å². The molecule has 3 saturated heterocycles. The second-order valence-electron chi connectivity index (χ2n) is 13.0. The van der Waals surface area contributed by atoms with Crippen molar-refractivity contribution in [3.05, 3.63) is 144 Å². The number of rotatable bonds is 13. The highest BCUT2D eigenvalue weighted by atomic mass is 35.5. The number of benzene rings is 4. The molecule has 276 valence electrons. The highest BCUT2D eigenvalue weighted by Crippen LogP contribution is 2.38. The number of hydrogen-bond donors (Lipinski definition) is 3. The van der Waals surface area contributed by atoms with Crippen LogP contribution >= 0.6 is 11.6 Å². The number of fused-ring (bicyclic) bond motifs is 1. The zero-order valence-electron chi connectivity index (χ0n) is 28.3. The summed E-state index contributed by atoms with van der Waals surface area (Å²) in [5, 5.41) is 33.8. The molecule has 7 rings (SSSR count). The van der Waals surface area contributed by atoms with Gasteiger partial charge in [0.2, 0.25) is 0 Å². The predicted molar refractivity (Wildman–Crippen MR) is 187 cm³/mol. The van der Waals surface area contributed by atoms with Crippen LogP contribution in [0.15, 0.2) is 121 Å². The van der Waals surface area contributed by atoms with Crippen LogP contribution in [0.5, 0.6) is 0 Å². The number of ether oxygens (including phenoxy) is 8. The maximum absolute atomic E-state index is 11.7. The smallest absolute Gasteiger partial charge is 0.187 e. The van der Waals surface area contributed by atoms with Crippen molar-refractivity contribution in [2.75, 3.05) is 6.61 Å². The number of aliphatic hydroxyl groups excluding tert-OH is 3. The van der Waals surface area contributed by atoms with Crippen LogP contribution in [-0.2, 0) is 57.7 Å². The molecule has 3 heterocycles. The summed E-state index contributed by atoms with van der Waals surface area (Å²) < 4.78 is 50.3. The summed E-state index contributed by atoms with van der Waals surface area (Å²) in [4.78, 5) is 0. The fourth-order valence-corrected chi connectivity index (χ4v) is 6.89. The van der Waals surface area contributed by atoms with E-state index < -0.39 is 73.3 Å². The Labute approximate surface area is 307 Å². The minimum Gasteiger partial charge on any atom is -0.387 e. The zero-order valence-corrected chi connectivity index (χ0v) is 29.0. The molecule has 0 aliphatic carbocycles. The maximum Gasteiger partial charge on any atom is 0.187 e. The van der Waals surface area contributed by atoms with E-state index >= 15 is 0 Å².